The summed E-state index contributed by atoms with van der Waals surface area (Å²) in [5.41, 5.74) is 11.2. The molecule has 4 nitrogen and oxygen atoms in total. The summed E-state index contributed by atoms with van der Waals surface area (Å²) in [5.74, 6) is 5.26. The van der Waals surface area contributed by atoms with E-state index in [9.17, 15) is 0 Å². The highest BCUT2D eigenvalue weighted by molar-refractivity contribution is 6.33. The Morgan fingerprint density at radius 1 is 1.15 bits per heavy atom. The number of nitrogens with one attached hydrogen (secondary N) is 1. The average Bonchev–Trinajstić information content (AvgIpc) is 2.49. The Balaban J connectivity index is 2.52. The first-order valence-corrected chi connectivity index (χ1v) is 6.27. The Kier molecular flexibility index (Phi) is 4.26. The molecule has 0 atom stereocenters. The second-order valence-electron chi connectivity index (χ2n) is 4.11. The van der Waals surface area contributed by atoms with E-state index in [4.69, 9.17) is 28.4 Å². The van der Waals surface area contributed by atoms with Crippen LogP contribution in [0.4, 0.5) is 0 Å². The predicted molar refractivity (Wildman–Crippen MR) is 80.9 cm³/mol. The number of hydrogen-bond acceptors (Lipinski definition) is 4. The van der Waals surface area contributed by atoms with E-state index >= 15 is 0 Å². The predicted octanol–water partition coefficient (Wildman–Crippen LogP) is 2.62. The summed E-state index contributed by atoms with van der Waals surface area (Å²) in [6.45, 7) is 0. The van der Waals surface area contributed by atoms with Crippen LogP contribution < -0.4 is 17.0 Å². The van der Waals surface area contributed by atoms with Gasteiger partial charge in [-0.15, -0.1) is 0 Å². The van der Waals surface area contributed by atoms with Crippen molar-refractivity contribution in [1.82, 2.24) is 5.43 Å². The van der Waals surface area contributed by atoms with Crippen molar-refractivity contribution in [2.45, 2.75) is 0 Å². The van der Waals surface area contributed by atoms with E-state index in [1.54, 1.807) is 0 Å². The zero-order valence-corrected chi connectivity index (χ0v) is 11.4. The van der Waals surface area contributed by atoms with Gasteiger partial charge in [-0.2, -0.15) is 5.26 Å². The van der Waals surface area contributed by atoms with Gasteiger partial charge in [0.05, 0.1) is 5.70 Å². The summed E-state index contributed by atoms with van der Waals surface area (Å²) >= 11 is 6.18. The van der Waals surface area contributed by atoms with E-state index < -0.39 is 0 Å². The van der Waals surface area contributed by atoms with Crippen molar-refractivity contribution in [3.8, 4) is 17.2 Å². The largest absolute Gasteiger partial charge is 0.396 e. The van der Waals surface area contributed by atoms with Crippen LogP contribution in [0.25, 0.3) is 16.8 Å². The van der Waals surface area contributed by atoms with Crippen LogP contribution >= 0.6 is 11.6 Å². The minimum Gasteiger partial charge on any atom is -0.396 e. The van der Waals surface area contributed by atoms with Gasteiger partial charge < -0.3 is 11.2 Å². The molecule has 5 heteroatoms. The molecule has 0 radical (unpaired) electrons. The van der Waals surface area contributed by atoms with Gasteiger partial charge in [0.1, 0.15) is 6.07 Å². The highest BCUT2D eigenvalue weighted by Gasteiger charge is 2.07. The van der Waals surface area contributed by atoms with Gasteiger partial charge in [-0.05, 0) is 17.7 Å². The zero-order chi connectivity index (χ0) is 14.5. The molecular weight excluding hydrogens is 272 g/mol. The Morgan fingerprint density at radius 3 is 2.55 bits per heavy atom. The number of nitriles is 1. The second-order valence-corrected chi connectivity index (χ2v) is 4.51. The smallest absolute Gasteiger partial charge is 0.151 e. The maximum atomic E-state index is 8.94. The normalized spacial score (nSPS) is 11.4. The molecule has 2 aromatic rings. The number of nitrogens with two attached hydrogens (primary N) is 2. The maximum absolute atomic E-state index is 8.94. The quantitative estimate of drug-likeness (QED) is 0.459. The standard InChI is InChI=1S/C15H13ClN4/c16-13-7-2-1-6-12(13)10-4-3-5-11(8-10)15(18)14(9-17)20-19/h1-8,20H,18-19H2/b15-14-. The molecule has 5 N–H and O–H groups in total. The van der Waals surface area contributed by atoms with Gasteiger partial charge in [0.25, 0.3) is 0 Å². The molecule has 0 aliphatic rings. The van der Waals surface area contributed by atoms with Crippen molar-refractivity contribution in [3.05, 3.63) is 64.8 Å². The molecule has 0 aliphatic heterocycles. The monoisotopic (exact) mass is 284 g/mol. The number of allylic oxidation sites excluding steroid dienone is 1. The molecule has 20 heavy (non-hydrogen) atoms. The molecule has 0 bridgehead atoms. The fourth-order valence-electron chi connectivity index (χ4n) is 1.86. The van der Waals surface area contributed by atoms with E-state index in [2.05, 4.69) is 5.43 Å². The molecule has 0 aliphatic carbocycles. The topological polar surface area (TPSA) is 87.9 Å². The molecule has 0 heterocycles. The summed E-state index contributed by atoms with van der Waals surface area (Å²) in [6, 6.07) is 16.9. The molecule has 0 aromatic heterocycles. The highest BCUT2D eigenvalue weighted by atomic mass is 35.5. The molecule has 0 fully saturated rings. The van der Waals surface area contributed by atoms with Crippen molar-refractivity contribution in [2.75, 3.05) is 0 Å². The molecule has 100 valence electrons. The van der Waals surface area contributed by atoms with Crippen molar-refractivity contribution in [3.63, 3.8) is 0 Å². The summed E-state index contributed by atoms with van der Waals surface area (Å²) in [7, 11) is 0. The van der Waals surface area contributed by atoms with Crippen LogP contribution in [0.5, 0.6) is 0 Å². The molecule has 0 amide bonds. The van der Waals surface area contributed by atoms with Crippen LogP contribution in [0.1, 0.15) is 5.56 Å². The van der Waals surface area contributed by atoms with Crippen LogP contribution in [0, 0.1) is 11.3 Å². The molecule has 0 saturated carbocycles. The minimum absolute atomic E-state index is 0.126. The summed E-state index contributed by atoms with van der Waals surface area (Å²) < 4.78 is 0. The molecule has 0 unspecified atom stereocenters. The number of hydrazine groups is 1. The average molecular weight is 285 g/mol. The van der Waals surface area contributed by atoms with Gasteiger partial charge >= 0.3 is 0 Å². The first-order chi connectivity index (χ1) is 9.67. The highest BCUT2D eigenvalue weighted by Crippen LogP contribution is 2.29. The van der Waals surface area contributed by atoms with Crippen LogP contribution in [0.3, 0.4) is 0 Å². The number of hydrogen-bond donors (Lipinski definition) is 3. The molecule has 0 saturated heterocycles. The van der Waals surface area contributed by atoms with E-state index in [1.807, 2.05) is 54.6 Å². The van der Waals surface area contributed by atoms with Crippen LogP contribution in [0.2, 0.25) is 5.02 Å². The van der Waals surface area contributed by atoms with E-state index in [0.29, 0.717) is 16.3 Å². The first-order valence-electron chi connectivity index (χ1n) is 5.89. The van der Waals surface area contributed by atoms with Gasteiger partial charge in [0.15, 0.2) is 5.70 Å². The van der Waals surface area contributed by atoms with Crippen LogP contribution in [-0.2, 0) is 0 Å². The number of rotatable bonds is 3. The fraction of sp³-hybridized carbons (Fsp3) is 0. The van der Waals surface area contributed by atoms with Gasteiger partial charge in [-0.3, -0.25) is 0 Å². The first kappa shape index (κ1) is 13.9. The zero-order valence-electron chi connectivity index (χ0n) is 10.6. The van der Waals surface area contributed by atoms with Crippen molar-refractivity contribution in [1.29, 1.82) is 5.26 Å². The lowest BCUT2D eigenvalue weighted by atomic mass is 10.0. The van der Waals surface area contributed by atoms with Crippen LogP contribution in [0.15, 0.2) is 54.2 Å². The third-order valence-electron chi connectivity index (χ3n) is 2.88. The van der Waals surface area contributed by atoms with Gasteiger partial charge in [0, 0.05) is 16.1 Å². The lowest BCUT2D eigenvalue weighted by Gasteiger charge is -2.09. The maximum Gasteiger partial charge on any atom is 0.151 e. The van der Waals surface area contributed by atoms with E-state index in [-0.39, 0.29) is 5.70 Å². The molecule has 2 rings (SSSR count). The Labute approximate surface area is 122 Å². The van der Waals surface area contributed by atoms with E-state index in [0.717, 1.165) is 11.1 Å². The van der Waals surface area contributed by atoms with Gasteiger partial charge in [-0.25, -0.2) is 5.84 Å². The number of halogens is 1. The number of benzene rings is 2. The fourth-order valence-corrected chi connectivity index (χ4v) is 2.11. The second kappa shape index (κ2) is 6.11. The summed E-state index contributed by atoms with van der Waals surface area (Å²) in [4.78, 5) is 0. The third kappa shape index (κ3) is 2.75. The van der Waals surface area contributed by atoms with Gasteiger partial charge in [-0.1, -0.05) is 48.0 Å². The van der Waals surface area contributed by atoms with E-state index in [1.165, 1.54) is 0 Å². The van der Waals surface area contributed by atoms with Gasteiger partial charge in [0.2, 0.25) is 0 Å². The van der Waals surface area contributed by atoms with Crippen molar-refractivity contribution in [2.24, 2.45) is 11.6 Å². The SMILES string of the molecule is N#C/C(NN)=C(/N)c1cccc(-c2ccccc2Cl)c1. The third-order valence-corrected chi connectivity index (χ3v) is 3.21. The Bertz CT molecular complexity index is 701. The Morgan fingerprint density at radius 2 is 1.90 bits per heavy atom. The molecule has 2 aromatic carbocycles. The molecule has 0 spiro atoms. The lowest BCUT2D eigenvalue weighted by Crippen LogP contribution is -2.23. The van der Waals surface area contributed by atoms with Crippen molar-refractivity contribution >= 4 is 17.3 Å². The lowest BCUT2D eigenvalue weighted by molar-refractivity contribution is 0.920. The summed E-state index contributed by atoms with van der Waals surface area (Å²) in [5, 5.41) is 9.59. The van der Waals surface area contributed by atoms with Crippen molar-refractivity contribution < 1.29 is 0 Å². The Hall–Kier alpha value is -2.48. The summed E-state index contributed by atoms with van der Waals surface area (Å²) in [6.07, 6.45) is 0. The van der Waals surface area contributed by atoms with Crippen LogP contribution in [-0.4, -0.2) is 0 Å². The minimum atomic E-state index is 0.126. The molecular formula is C15H13ClN4. The number of nitrogens with zero attached hydrogens (tertiary/aromatic N) is 1.